The molecular formula is C19H25ClN6O2. The third-order valence-electron chi connectivity index (χ3n) is 4.16. The zero-order valence-corrected chi connectivity index (χ0v) is 17.1. The molecule has 0 atom stereocenters. The number of rotatable bonds is 4. The highest BCUT2D eigenvalue weighted by molar-refractivity contribution is 6.28. The fourth-order valence-electron chi connectivity index (χ4n) is 2.89. The van der Waals surface area contributed by atoms with Crippen LogP contribution in [0.15, 0.2) is 30.6 Å². The lowest BCUT2D eigenvalue weighted by molar-refractivity contribution is 0.0139. The van der Waals surface area contributed by atoms with Crippen LogP contribution in [0.5, 0.6) is 0 Å². The van der Waals surface area contributed by atoms with Gasteiger partial charge in [-0.3, -0.25) is 4.90 Å². The van der Waals surface area contributed by atoms with Gasteiger partial charge in [-0.25, -0.2) is 14.8 Å². The molecule has 1 saturated heterocycles. The fraction of sp³-hybridized carbons (Fsp3) is 0.474. The van der Waals surface area contributed by atoms with Gasteiger partial charge < -0.3 is 15.0 Å². The highest BCUT2D eigenvalue weighted by atomic mass is 35.5. The number of anilines is 2. The van der Waals surface area contributed by atoms with Gasteiger partial charge in [-0.15, -0.1) is 0 Å². The van der Waals surface area contributed by atoms with Gasteiger partial charge in [0.2, 0.25) is 11.2 Å². The first-order valence-electron chi connectivity index (χ1n) is 9.19. The molecule has 28 heavy (non-hydrogen) atoms. The number of amides is 1. The molecule has 1 N–H and O–H groups in total. The number of benzene rings is 1. The van der Waals surface area contributed by atoms with E-state index in [-0.39, 0.29) is 11.4 Å². The van der Waals surface area contributed by atoms with Crippen molar-refractivity contribution in [2.45, 2.75) is 32.9 Å². The average Bonchev–Trinajstić information content (AvgIpc) is 2.61. The Kier molecular flexibility index (Phi) is 6.31. The summed E-state index contributed by atoms with van der Waals surface area (Å²) in [5.74, 6) is 0.406. The van der Waals surface area contributed by atoms with E-state index in [1.54, 1.807) is 4.90 Å². The van der Waals surface area contributed by atoms with E-state index >= 15 is 0 Å². The van der Waals surface area contributed by atoms with Gasteiger partial charge in [0, 0.05) is 38.4 Å². The molecule has 9 heteroatoms. The molecule has 0 saturated carbocycles. The Labute approximate surface area is 169 Å². The molecule has 0 unspecified atom stereocenters. The zero-order valence-electron chi connectivity index (χ0n) is 16.4. The molecule has 150 valence electrons. The maximum absolute atomic E-state index is 12.2. The second-order valence-corrected chi connectivity index (χ2v) is 7.99. The zero-order chi connectivity index (χ0) is 20.1. The van der Waals surface area contributed by atoms with Crippen LogP contribution in [0.1, 0.15) is 26.3 Å². The van der Waals surface area contributed by atoms with Crippen LogP contribution >= 0.6 is 11.6 Å². The summed E-state index contributed by atoms with van der Waals surface area (Å²) in [6.45, 7) is 9.38. The van der Waals surface area contributed by atoms with E-state index in [2.05, 4.69) is 37.3 Å². The molecule has 0 aliphatic carbocycles. The minimum atomic E-state index is -0.468. The Hall–Kier alpha value is -2.45. The Morgan fingerprint density at radius 2 is 1.96 bits per heavy atom. The Balaban J connectivity index is 1.53. The molecule has 0 bridgehead atoms. The minimum absolute atomic E-state index is 0.150. The van der Waals surface area contributed by atoms with Crippen molar-refractivity contribution in [3.63, 3.8) is 0 Å². The largest absolute Gasteiger partial charge is 0.444 e. The van der Waals surface area contributed by atoms with Crippen LogP contribution in [-0.4, -0.2) is 62.6 Å². The average molecular weight is 405 g/mol. The second kappa shape index (κ2) is 8.70. The standard InChI is InChI=1S/C19H25ClN6O2/c1-19(2,3)28-18(27)26-9-7-25(8-10-26)12-14-5-4-6-15(11-14)23-17-22-13-21-16(20)24-17/h4-6,11,13H,7-10,12H2,1-3H3,(H,21,22,23,24). The number of hydrogen-bond donors (Lipinski definition) is 1. The van der Waals surface area contributed by atoms with Gasteiger partial charge in [0.1, 0.15) is 11.9 Å². The molecule has 1 aliphatic heterocycles. The molecular weight excluding hydrogens is 380 g/mol. The molecule has 2 heterocycles. The topological polar surface area (TPSA) is 83.5 Å². The van der Waals surface area contributed by atoms with Crippen LogP contribution in [0.2, 0.25) is 5.28 Å². The van der Waals surface area contributed by atoms with E-state index in [0.717, 1.165) is 30.9 Å². The number of nitrogens with zero attached hydrogens (tertiary/aromatic N) is 5. The van der Waals surface area contributed by atoms with E-state index < -0.39 is 5.60 Å². The lowest BCUT2D eigenvalue weighted by Gasteiger charge is -2.35. The molecule has 3 rings (SSSR count). The minimum Gasteiger partial charge on any atom is -0.444 e. The van der Waals surface area contributed by atoms with Crippen molar-refractivity contribution >= 4 is 29.3 Å². The van der Waals surface area contributed by atoms with E-state index in [1.807, 2.05) is 32.9 Å². The van der Waals surface area contributed by atoms with Crippen LogP contribution in [0.4, 0.5) is 16.4 Å². The van der Waals surface area contributed by atoms with E-state index in [0.29, 0.717) is 19.0 Å². The first-order chi connectivity index (χ1) is 13.3. The number of aromatic nitrogens is 3. The molecule has 0 radical (unpaired) electrons. The number of piperazine rings is 1. The lowest BCUT2D eigenvalue weighted by atomic mass is 10.1. The van der Waals surface area contributed by atoms with Crippen LogP contribution in [0.3, 0.4) is 0 Å². The van der Waals surface area contributed by atoms with E-state index in [4.69, 9.17) is 16.3 Å². The quantitative estimate of drug-likeness (QED) is 0.836. The van der Waals surface area contributed by atoms with Gasteiger partial charge in [0.05, 0.1) is 0 Å². The molecule has 1 aromatic heterocycles. The van der Waals surface area contributed by atoms with Gasteiger partial charge >= 0.3 is 6.09 Å². The van der Waals surface area contributed by atoms with Crippen molar-refractivity contribution in [2.24, 2.45) is 0 Å². The van der Waals surface area contributed by atoms with Gasteiger partial charge in [-0.05, 0) is 50.1 Å². The van der Waals surface area contributed by atoms with E-state index in [9.17, 15) is 4.79 Å². The number of carbonyl (C=O) groups excluding carboxylic acids is 1. The summed E-state index contributed by atoms with van der Waals surface area (Å²) >= 11 is 5.79. The predicted molar refractivity (Wildman–Crippen MR) is 108 cm³/mol. The van der Waals surface area contributed by atoms with Gasteiger partial charge in [0.25, 0.3) is 0 Å². The van der Waals surface area contributed by atoms with Crippen molar-refractivity contribution in [3.05, 3.63) is 41.4 Å². The summed E-state index contributed by atoms with van der Waals surface area (Å²) < 4.78 is 5.45. The van der Waals surface area contributed by atoms with Crippen LogP contribution < -0.4 is 5.32 Å². The van der Waals surface area contributed by atoms with Crippen molar-refractivity contribution in [1.29, 1.82) is 0 Å². The normalized spacial score (nSPS) is 15.4. The number of nitrogens with one attached hydrogen (secondary N) is 1. The maximum Gasteiger partial charge on any atom is 0.410 e. The van der Waals surface area contributed by atoms with Crippen LogP contribution in [0, 0.1) is 0 Å². The van der Waals surface area contributed by atoms with Crippen LogP contribution in [-0.2, 0) is 11.3 Å². The van der Waals surface area contributed by atoms with Crippen LogP contribution in [0.25, 0.3) is 0 Å². The number of ether oxygens (including phenoxy) is 1. The molecule has 1 aromatic carbocycles. The monoisotopic (exact) mass is 404 g/mol. The third-order valence-corrected chi connectivity index (χ3v) is 4.34. The van der Waals surface area contributed by atoms with Gasteiger partial charge in [-0.2, -0.15) is 4.98 Å². The first kappa shape index (κ1) is 20.3. The molecule has 1 fully saturated rings. The summed E-state index contributed by atoms with van der Waals surface area (Å²) in [6.07, 6.45) is 1.13. The molecule has 1 amide bonds. The molecule has 8 nitrogen and oxygen atoms in total. The lowest BCUT2D eigenvalue weighted by Crippen LogP contribution is -2.49. The summed E-state index contributed by atoms with van der Waals surface area (Å²) in [6, 6.07) is 8.06. The second-order valence-electron chi connectivity index (χ2n) is 7.65. The molecule has 1 aliphatic rings. The van der Waals surface area contributed by atoms with Gasteiger partial charge in [0.15, 0.2) is 0 Å². The highest BCUT2D eigenvalue weighted by Crippen LogP contribution is 2.18. The maximum atomic E-state index is 12.2. The number of carbonyl (C=O) groups is 1. The number of halogens is 1. The Morgan fingerprint density at radius 1 is 1.21 bits per heavy atom. The Bertz CT molecular complexity index is 818. The third kappa shape index (κ3) is 6.03. The van der Waals surface area contributed by atoms with Crippen molar-refractivity contribution in [1.82, 2.24) is 24.8 Å². The Morgan fingerprint density at radius 3 is 2.64 bits per heavy atom. The van der Waals surface area contributed by atoms with Gasteiger partial charge in [-0.1, -0.05) is 12.1 Å². The first-order valence-corrected chi connectivity index (χ1v) is 9.57. The fourth-order valence-corrected chi connectivity index (χ4v) is 3.01. The summed E-state index contributed by atoms with van der Waals surface area (Å²) in [4.78, 5) is 28.1. The highest BCUT2D eigenvalue weighted by Gasteiger charge is 2.25. The number of hydrogen-bond acceptors (Lipinski definition) is 7. The predicted octanol–water partition coefficient (Wildman–Crippen LogP) is 3.32. The van der Waals surface area contributed by atoms with Crippen molar-refractivity contribution < 1.29 is 9.53 Å². The molecule has 0 spiro atoms. The van der Waals surface area contributed by atoms with E-state index in [1.165, 1.54) is 6.33 Å². The SMILES string of the molecule is CC(C)(C)OC(=O)N1CCN(Cc2cccc(Nc3ncnc(Cl)n3)c2)CC1. The summed E-state index contributed by atoms with van der Waals surface area (Å²) in [5, 5.41) is 3.28. The van der Waals surface area contributed by atoms with Crippen molar-refractivity contribution in [2.75, 3.05) is 31.5 Å². The summed E-state index contributed by atoms with van der Waals surface area (Å²) in [5.41, 5.74) is 1.58. The van der Waals surface area contributed by atoms with Crippen molar-refractivity contribution in [3.8, 4) is 0 Å². The summed E-state index contributed by atoms with van der Waals surface area (Å²) in [7, 11) is 0. The smallest absolute Gasteiger partial charge is 0.410 e. The molecule has 2 aromatic rings.